The molecule has 3 rings (SSSR count). The summed E-state index contributed by atoms with van der Waals surface area (Å²) >= 11 is 6.14. The van der Waals surface area contributed by atoms with Crippen LogP contribution in [-0.4, -0.2) is 68.7 Å². The average Bonchev–Trinajstić information content (AvgIpc) is 2.71. The van der Waals surface area contributed by atoms with Crippen LogP contribution in [0.15, 0.2) is 42.5 Å². The Labute approximate surface area is 176 Å². The maximum Gasteiger partial charge on any atom is 0.123 e. The Hall–Kier alpha value is -1.86. The number of aryl methyl sites for hydroxylation is 1. The fourth-order valence-corrected chi connectivity index (χ4v) is 3.58. The monoisotopic (exact) mass is 422 g/mol. The predicted octanol–water partition coefficient (Wildman–Crippen LogP) is 3.37. The highest BCUT2D eigenvalue weighted by atomic mass is 35.5. The summed E-state index contributed by atoms with van der Waals surface area (Å²) in [6.07, 6.45) is -0.541. The summed E-state index contributed by atoms with van der Waals surface area (Å²) in [5.41, 5.74) is 2.40. The summed E-state index contributed by atoms with van der Waals surface area (Å²) in [5, 5.41) is 11.0. The van der Waals surface area contributed by atoms with Gasteiger partial charge in [-0.25, -0.2) is 4.39 Å². The molecule has 0 unspecified atom stereocenters. The summed E-state index contributed by atoms with van der Waals surface area (Å²) < 4.78 is 23.8. The van der Waals surface area contributed by atoms with Gasteiger partial charge in [0, 0.05) is 43.4 Å². The van der Waals surface area contributed by atoms with E-state index in [1.807, 2.05) is 18.2 Å². The molecule has 1 heterocycles. The summed E-state index contributed by atoms with van der Waals surface area (Å²) in [5.74, 6) is 0.309. The molecule has 1 saturated heterocycles. The number of aliphatic hydroxyl groups is 1. The quantitative estimate of drug-likeness (QED) is 0.628. The van der Waals surface area contributed by atoms with Crippen molar-refractivity contribution in [2.24, 2.45) is 0 Å². The average molecular weight is 423 g/mol. The topological polar surface area (TPSA) is 45.2 Å². The van der Waals surface area contributed by atoms with Gasteiger partial charge in [0.05, 0.1) is 19.3 Å². The smallest absolute Gasteiger partial charge is 0.123 e. The highest BCUT2D eigenvalue weighted by molar-refractivity contribution is 6.30. The fourth-order valence-electron chi connectivity index (χ4n) is 3.41. The lowest BCUT2D eigenvalue weighted by atomic mass is 10.1. The van der Waals surface area contributed by atoms with Gasteiger partial charge in [0.25, 0.3) is 0 Å². The maximum absolute atomic E-state index is 12.8. The first-order valence-electron chi connectivity index (χ1n) is 9.89. The van der Waals surface area contributed by atoms with Gasteiger partial charge >= 0.3 is 0 Å². The molecule has 0 aromatic heterocycles. The molecular formula is C22H28ClFN2O3. The Kier molecular flexibility index (Phi) is 8.12. The first-order valence-corrected chi connectivity index (χ1v) is 10.3. The molecule has 7 heteroatoms. The molecule has 2 aromatic carbocycles. The van der Waals surface area contributed by atoms with Crippen molar-refractivity contribution in [3.05, 3.63) is 58.9 Å². The Morgan fingerprint density at radius 1 is 1.07 bits per heavy atom. The van der Waals surface area contributed by atoms with E-state index in [4.69, 9.17) is 21.1 Å². The summed E-state index contributed by atoms with van der Waals surface area (Å²) in [6, 6.07) is 11.8. The number of halogens is 2. The van der Waals surface area contributed by atoms with Gasteiger partial charge < -0.3 is 19.5 Å². The van der Waals surface area contributed by atoms with Gasteiger partial charge in [0.15, 0.2) is 0 Å². The van der Waals surface area contributed by atoms with Crippen molar-refractivity contribution in [3.8, 4) is 5.75 Å². The number of benzene rings is 2. The molecule has 0 spiro atoms. The number of β-amino-alcohol motifs (C(OH)–C–C–N with tert-alkyl or cyclic N) is 1. The van der Waals surface area contributed by atoms with Crippen molar-refractivity contribution in [3.63, 3.8) is 0 Å². The van der Waals surface area contributed by atoms with Gasteiger partial charge in [0.2, 0.25) is 0 Å². The van der Waals surface area contributed by atoms with Crippen molar-refractivity contribution in [2.75, 3.05) is 57.4 Å². The zero-order chi connectivity index (χ0) is 20.6. The number of hydrogen-bond donors (Lipinski definition) is 1. The first-order chi connectivity index (χ1) is 14.0. The molecule has 0 amide bonds. The van der Waals surface area contributed by atoms with E-state index in [2.05, 4.69) is 16.7 Å². The standard InChI is InChI=1S/C22H28ClFN2O3/c1-17-2-3-18(23)14-22(17)26-10-8-25(9-11-26)15-20(27)16-28-12-13-29-21-6-4-19(24)5-7-21/h2-7,14,20,27H,8-13,15-16H2,1H3/t20-/m0/s1. The lowest BCUT2D eigenvalue weighted by Crippen LogP contribution is -2.49. The first kappa shape index (κ1) is 21.8. The van der Waals surface area contributed by atoms with Crippen LogP contribution < -0.4 is 9.64 Å². The van der Waals surface area contributed by atoms with E-state index in [-0.39, 0.29) is 12.4 Å². The Morgan fingerprint density at radius 3 is 2.52 bits per heavy atom. The lowest BCUT2D eigenvalue weighted by molar-refractivity contribution is 0.00717. The minimum absolute atomic E-state index is 0.264. The third-order valence-corrected chi connectivity index (χ3v) is 5.21. The Bertz CT molecular complexity index is 767. The molecule has 1 fully saturated rings. The van der Waals surface area contributed by atoms with Crippen LogP contribution in [-0.2, 0) is 4.74 Å². The predicted molar refractivity (Wildman–Crippen MR) is 114 cm³/mol. The minimum atomic E-state index is -0.541. The molecule has 1 aliphatic rings. The molecule has 1 N–H and O–H groups in total. The second kappa shape index (κ2) is 10.8. The molecule has 5 nitrogen and oxygen atoms in total. The molecule has 0 saturated carbocycles. The maximum atomic E-state index is 12.8. The molecule has 0 bridgehead atoms. The van der Waals surface area contributed by atoms with Crippen LogP contribution in [0.3, 0.4) is 0 Å². The second-order valence-corrected chi connectivity index (χ2v) is 7.69. The number of hydrogen-bond acceptors (Lipinski definition) is 5. The summed E-state index contributed by atoms with van der Waals surface area (Å²) in [6.45, 7) is 7.25. The molecule has 29 heavy (non-hydrogen) atoms. The SMILES string of the molecule is Cc1ccc(Cl)cc1N1CCN(C[C@H](O)COCCOc2ccc(F)cc2)CC1. The van der Waals surface area contributed by atoms with Crippen molar-refractivity contribution in [2.45, 2.75) is 13.0 Å². The van der Waals surface area contributed by atoms with Crippen molar-refractivity contribution >= 4 is 17.3 Å². The third kappa shape index (κ3) is 6.85. The number of rotatable bonds is 9. The summed E-state index contributed by atoms with van der Waals surface area (Å²) in [7, 11) is 0. The number of piperazine rings is 1. The molecular weight excluding hydrogens is 395 g/mol. The Balaban J connectivity index is 1.31. The lowest BCUT2D eigenvalue weighted by Gasteiger charge is -2.37. The molecule has 1 aliphatic heterocycles. The van der Waals surface area contributed by atoms with Crippen molar-refractivity contribution in [1.82, 2.24) is 4.90 Å². The van der Waals surface area contributed by atoms with Gasteiger partial charge in [-0.2, -0.15) is 0 Å². The van der Waals surface area contributed by atoms with Crippen molar-refractivity contribution < 1.29 is 19.0 Å². The molecule has 158 valence electrons. The fraction of sp³-hybridized carbons (Fsp3) is 0.455. The largest absolute Gasteiger partial charge is 0.491 e. The zero-order valence-electron chi connectivity index (χ0n) is 16.7. The second-order valence-electron chi connectivity index (χ2n) is 7.25. The van der Waals surface area contributed by atoms with Gasteiger partial charge in [-0.15, -0.1) is 0 Å². The molecule has 0 aliphatic carbocycles. The molecule has 1 atom stereocenters. The number of ether oxygens (including phenoxy) is 2. The van der Waals surface area contributed by atoms with Crippen LogP contribution in [0.2, 0.25) is 5.02 Å². The number of anilines is 1. The Morgan fingerprint density at radius 2 is 1.79 bits per heavy atom. The van der Waals surface area contributed by atoms with Crippen LogP contribution >= 0.6 is 11.6 Å². The number of nitrogens with zero attached hydrogens (tertiary/aromatic N) is 2. The van der Waals surface area contributed by atoms with Gasteiger partial charge in [-0.05, 0) is 48.9 Å². The minimum Gasteiger partial charge on any atom is -0.491 e. The molecule has 2 aromatic rings. The zero-order valence-corrected chi connectivity index (χ0v) is 17.4. The summed E-state index contributed by atoms with van der Waals surface area (Å²) in [4.78, 5) is 4.59. The third-order valence-electron chi connectivity index (χ3n) is 4.97. The van der Waals surface area contributed by atoms with E-state index < -0.39 is 6.10 Å². The van der Waals surface area contributed by atoms with E-state index in [0.717, 1.165) is 31.2 Å². The van der Waals surface area contributed by atoms with E-state index in [0.29, 0.717) is 25.5 Å². The number of aliphatic hydroxyl groups excluding tert-OH is 1. The van der Waals surface area contributed by atoms with Crippen LogP contribution in [0.25, 0.3) is 0 Å². The van der Waals surface area contributed by atoms with Crippen LogP contribution in [0.1, 0.15) is 5.56 Å². The highest BCUT2D eigenvalue weighted by Gasteiger charge is 2.20. The molecule has 0 radical (unpaired) electrons. The van der Waals surface area contributed by atoms with Crippen LogP contribution in [0.5, 0.6) is 5.75 Å². The van der Waals surface area contributed by atoms with Gasteiger partial charge in [0.1, 0.15) is 18.2 Å². The van der Waals surface area contributed by atoms with E-state index in [9.17, 15) is 9.50 Å². The van der Waals surface area contributed by atoms with Gasteiger partial charge in [-0.1, -0.05) is 17.7 Å². The highest BCUT2D eigenvalue weighted by Crippen LogP contribution is 2.25. The van der Waals surface area contributed by atoms with E-state index in [1.165, 1.54) is 23.4 Å². The normalized spacial score (nSPS) is 16.1. The van der Waals surface area contributed by atoms with Crippen molar-refractivity contribution in [1.29, 1.82) is 0 Å². The van der Waals surface area contributed by atoms with E-state index >= 15 is 0 Å². The van der Waals surface area contributed by atoms with Crippen LogP contribution in [0, 0.1) is 12.7 Å². The van der Waals surface area contributed by atoms with Gasteiger partial charge in [-0.3, -0.25) is 4.90 Å². The van der Waals surface area contributed by atoms with E-state index in [1.54, 1.807) is 12.1 Å². The van der Waals surface area contributed by atoms with Crippen LogP contribution in [0.4, 0.5) is 10.1 Å².